The van der Waals surface area contributed by atoms with Gasteiger partial charge in [0, 0.05) is 12.4 Å². The molecule has 1 atom stereocenters. The number of amides is 1. The number of pyridine rings is 1. The van der Waals surface area contributed by atoms with Crippen LogP contribution in [-0.2, 0) is 9.53 Å². The van der Waals surface area contributed by atoms with Crippen LogP contribution < -0.4 is 5.32 Å². The molecule has 2 aromatic rings. The van der Waals surface area contributed by atoms with Crippen molar-refractivity contribution in [2.24, 2.45) is 0 Å². The number of ether oxygens (including phenoxy) is 1. The molecule has 5 nitrogen and oxygen atoms in total. The third-order valence-electron chi connectivity index (χ3n) is 3.66. The molecule has 5 heteroatoms. The Morgan fingerprint density at radius 2 is 1.83 bits per heavy atom. The second-order valence-electron chi connectivity index (χ2n) is 5.44. The molecule has 0 radical (unpaired) electrons. The number of esters is 1. The molecule has 0 aliphatic rings. The van der Waals surface area contributed by atoms with E-state index >= 15 is 0 Å². The van der Waals surface area contributed by atoms with Gasteiger partial charge in [-0.3, -0.25) is 9.78 Å². The van der Waals surface area contributed by atoms with E-state index in [4.69, 9.17) is 4.74 Å². The molecule has 23 heavy (non-hydrogen) atoms. The maximum absolute atomic E-state index is 11.9. The van der Waals surface area contributed by atoms with Gasteiger partial charge in [-0.2, -0.15) is 0 Å². The monoisotopic (exact) mass is 312 g/mol. The summed E-state index contributed by atoms with van der Waals surface area (Å²) in [6.45, 7) is 5.66. The van der Waals surface area contributed by atoms with E-state index < -0.39 is 5.97 Å². The SMILES string of the molecule is Cc1ccc([C@H](C)NC(=O)COC(=O)c2ccncc2)cc1C. The first-order chi connectivity index (χ1) is 11.0. The third-order valence-corrected chi connectivity index (χ3v) is 3.66. The van der Waals surface area contributed by atoms with Crippen molar-refractivity contribution < 1.29 is 14.3 Å². The lowest BCUT2D eigenvalue weighted by Crippen LogP contribution is -2.31. The fourth-order valence-electron chi connectivity index (χ4n) is 2.10. The molecule has 0 saturated carbocycles. The highest BCUT2D eigenvalue weighted by Crippen LogP contribution is 2.16. The molecule has 0 fully saturated rings. The first-order valence-corrected chi connectivity index (χ1v) is 7.41. The van der Waals surface area contributed by atoms with Gasteiger partial charge in [-0.25, -0.2) is 4.79 Å². The van der Waals surface area contributed by atoms with Crippen LogP contribution in [0.4, 0.5) is 0 Å². The number of benzene rings is 1. The highest BCUT2D eigenvalue weighted by Gasteiger charge is 2.13. The maximum atomic E-state index is 11.9. The van der Waals surface area contributed by atoms with Crippen LogP contribution in [0.1, 0.15) is 40.0 Å². The van der Waals surface area contributed by atoms with E-state index in [0.29, 0.717) is 5.56 Å². The van der Waals surface area contributed by atoms with Crippen LogP contribution in [0.25, 0.3) is 0 Å². The number of hydrogen-bond acceptors (Lipinski definition) is 4. The molecule has 1 N–H and O–H groups in total. The topological polar surface area (TPSA) is 68.3 Å². The van der Waals surface area contributed by atoms with Crippen molar-refractivity contribution >= 4 is 11.9 Å². The zero-order valence-electron chi connectivity index (χ0n) is 13.5. The summed E-state index contributed by atoms with van der Waals surface area (Å²) < 4.78 is 4.99. The first-order valence-electron chi connectivity index (χ1n) is 7.41. The van der Waals surface area contributed by atoms with Crippen LogP contribution in [0.2, 0.25) is 0 Å². The smallest absolute Gasteiger partial charge is 0.338 e. The fraction of sp³-hybridized carbons (Fsp3) is 0.278. The Balaban J connectivity index is 1.87. The van der Waals surface area contributed by atoms with Crippen molar-refractivity contribution in [2.75, 3.05) is 6.61 Å². The standard InChI is InChI=1S/C18H20N2O3/c1-12-4-5-16(10-13(12)2)14(3)20-17(21)11-23-18(22)15-6-8-19-9-7-15/h4-10,14H,11H2,1-3H3,(H,20,21)/t14-/m0/s1. The van der Waals surface area contributed by atoms with Crippen LogP contribution >= 0.6 is 0 Å². The van der Waals surface area contributed by atoms with Gasteiger partial charge < -0.3 is 10.1 Å². The number of hydrogen-bond donors (Lipinski definition) is 1. The second kappa shape index (κ2) is 7.54. The van der Waals surface area contributed by atoms with Crippen LogP contribution in [-0.4, -0.2) is 23.5 Å². The summed E-state index contributed by atoms with van der Waals surface area (Å²) in [6, 6.07) is 8.98. The molecule has 0 spiro atoms. The van der Waals surface area contributed by atoms with Crippen LogP contribution in [0.3, 0.4) is 0 Å². The van der Waals surface area contributed by atoms with E-state index in [0.717, 1.165) is 5.56 Å². The highest BCUT2D eigenvalue weighted by atomic mass is 16.5. The minimum absolute atomic E-state index is 0.151. The normalized spacial score (nSPS) is 11.6. The van der Waals surface area contributed by atoms with Crippen LogP contribution in [0.5, 0.6) is 0 Å². The van der Waals surface area contributed by atoms with E-state index in [9.17, 15) is 9.59 Å². The number of rotatable bonds is 5. The summed E-state index contributed by atoms with van der Waals surface area (Å²) in [5.74, 6) is -0.875. The zero-order chi connectivity index (χ0) is 16.8. The second-order valence-corrected chi connectivity index (χ2v) is 5.44. The lowest BCUT2D eigenvalue weighted by molar-refractivity contribution is -0.124. The lowest BCUT2D eigenvalue weighted by atomic mass is 10.0. The molecule has 1 aromatic carbocycles. The van der Waals surface area contributed by atoms with Crippen molar-refractivity contribution in [3.05, 3.63) is 65.0 Å². The van der Waals surface area contributed by atoms with Crippen molar-refractivity contribution in [2.45, 2.75) is 26.8 Å². The summed E-state index contributed by atoms with van der Waals surface area (Å²) in [5, 5.41) is 2.82. The summed E-state index contributed by atoms with van der Waals surface area (Å²) in [6.07, 6.45) is 3.00. The molecule has 0 unspecified atom stereocenters. The van der Waals surface area contributed by atoms with Gasteiger partial charge in [-0.05, 0) is 49.6 Å². The zero-order valence-corrected chi connectivity index (χ0v) is 13.5. The number of aromatic nitrogens is 1. The largest absolute Gasteiger partial charge is 0.452 e. The number of nitrogens with zero attached hydrogens (tertiary/aromatic N) is 1. The molecule has 1 amide bonds. The van der Waals surface area contributed by atoms with E-state index in [1.807, 2.05) is 39.0 Å². The van der Waals surface area contributed by atoms with E-state index in [1.165, 1.54) is 35.7 Å². The minimum atomic E-state index is -0.540. The van der Waals surface area contributed by atoms with Gasteiger partial charge in [-0.15, -0.1) is 0 Å². The van der Waals surface area contributed by atoms with Gasteiger partial charge in [0.1, 0.15) is 0 Å². The fourth-order valence-corrected chi connectivity index (χ4v) is 2.10. The summed E-state index contributed by atoms with van der Waals surface area (Å²) in [5.41, 5.74) is 3.77. The lowest BCUT2D eigenvalue weighted by Gasteiger charge is -2.15. The third kappa shape index (κ3) is 4.64. The number of carbonyl (C=O) groups is 2. The van der Waals surface area contributed by atoms with Gasteiger partial charge in [0.25, 0.3) is 5.91 Å². The molecule has 0 aliphatic carbocycles. The van der Waals surface area contributed by atoms with Crippen molar-refractivity contribution in [1.29, 1.82) is 0 Å². The number of aryl methyl sites for hydroxylation is 2. The summed E-state index contributed by atoms with van der Waals surface area (Å²) in [7, 11) is 0. The highest BCUT2D eigenvalue weighted by molar-refractivity contribution is 5.91. The van der Waals surface area contributed by atoms with Gasteiger partial charge in [0.2, 0.25) is 0 Å². The predicted molar refractivity (Wildman–Crippen MR) is 87.0 cm³/mol. The molecule has 120 valence electrons. The Labute approximate surface area is 135 Å². The molecule has 1 aromatic heterocycles. The molecule has 2 rings (SSSR count). The summed E-state index contributed by atoms with van der Waals surface area (Å²) in [4.78, 5) is 27.5. The predicted octanol–water partition coefficient (Wildman–Crippen LogP) is 2.73. The Morgan fingerprint density at radius 1 is 1.13 bits per heavy atom. The van der Waals surface area contributed by atoms with E-state index in [-0.39, 0.29) is 18.6 Å². The molecule has 1 heterocycles. The number of nitrogens with one attached hydrogen (secondary N) is 1. The van der Waals surface area contributed by atoms with Crippen molar-refractivity contribution in [3.63, 3.8) is 0 Å². The molecular weight excluding hydrogens is 292 g/mol. The molecule has 0 aliphatic heterocycles. The maximum Gasteiger partial charge on any atom is 0.338 e. The molecular formula is C18H20N2O3. The minimum Gasteiger partial charge on any atom is -0.452 e. The Hall–Kier alpha value is -2.69. The van der Waals surface area contributed by atoms with E-state index in [2.05, 4.69) is 10.3 Å². The molecule has 0 saturated heterocycles. The van der Waals surface area contributed by atoms with Crippen LogP contribution in [0, 0.1) is 13.8 Å². The summed E-state index contributed by atoms with van der Waals surface area (Å²) >= 11 is 0. The Kier molecular flexibility index (Phi) is 5.46. The van der Waals surface area contributed by atoms with Crippen molar-refractivity contribution in [1.82, 2.24) is 10.3 Å². The van der Waals surface area contributed by atoms with Gasteiger partial charge in [0.05, 0.1) is 11.6 Å². The van der Waals surface area contributed by atoms with E-state index in [1.54, 1.807) is 0 Å². The van der Waals surface area contributed by atoms with Gasteiger partial charge in [-0.1, -0.05) is 18.2 Å². The van der Waals surface area contributed by atoms with Crippen LogP contribution in [0.15, 0.2) is 42.7 Å². The Bertz CT molecular complexity index is 699. The number of carbonyl (C=O) groups excluding carboxylic acids is 2. The van der Waals surface area contributed by atoms with Crippen molar-refractivity contribution in [3.8, 4) is 0 Å². The first kappa shape index (κ1) is 16.7. The molecule has 0 bridgehead atoms. The Morgan fingerprint density at radius 3 is 2.48 bits per heavy atom. The van der Waals surface area contributed by atoms with Gasteiger partial charge >= 0.3 is 5.97 Å². The average Bonchev–Trinajstić information content (AvgIpc) is 2.55. The average molecular weight is 312 g/mol. The quantitative estimate of drug-likeness (QED) is 0.862. The van der Waals surface area contributed by atoms with Gasteiger partial charge in [0.15, 0.2) is 6.61 Å².